The van der Waals surface area contributed by atoms with Gasteiger partial charge in [0.25, 0.3) is 15.9 Å². The lowest BCUT2D eigenvalue weighted by Crippen LogP contribution is -2.35. The quantitative estimate of drug-likeness (QED) is 0.718. The van der Waals surface area contributed by atoms with Crippen molar-refractivity contribution in [1.82, 2.24) is 4.98 Å². The van der Waals surface area contributed by atoms with E-state index in [4.69, 9.17) is 0 Å². The van der Waals surface area contributed by atoms with Crippen LogP contribution in [0, 0.1) is 17.9 Å². The van der Waals surface area contributed by atoms with Crippen molar-refractivity contribution in [2.45, 2.75) is 17.7 Å². The van der Waals surface area contributed by atoms with Crippen LogP contribution in [0.5, 0.6) is 0 Å². The Bertz CT molecular complexity index is 1150. The molecular formula is C21H16FN3O3S. The summed E-state index contributed by atoms with van der Waals surface area (Å²) in [5.41, 5.74) is 1.74. The van der Waals surface area contributed by atoms with Crippen LogP contribution in [0.3, 0.4) is 0 Å². The molecule has 0 unspecified atom stereocenters. The molecule has 1 aliphatic heterocycles. The maximum Gasteiger partial charge on any atom is 0.272 e. The van der Waals surface area contributed by atoms with Crippen LogP contribution in [0.2, 0.25) is 0 Å². The molecular weight excluding hydrogens is 393 g/mol. The van der Waals surface area contributed by atoms with Crippen LogP contribution in [-0.2, 0) is 16.4 Å². The average Bonchev–Trinajstić information content (AvgIpc) is 2.75. The van der Waals surface area contributed by atoms with Gasteiger partial charge in [0.1, 0.15) is 16.5 Å². The van der Waals surface area contributed by atoms with Crippen LogP contribution >= 0.6 is 0 Å². The summed E-state index contributed by atoms with van der Waals surface area (Å²) in [6.45, 7) is 0.381. The monoisotopic (exact) mass is 409 g/mol. The molecule has 0 fully saturated rings. The fourth-order valence-electron chi connectivity index (χ4n) is 3.16. The first-order chi connectivity index (χ1) is 13.9. The molecule has 3 aromatic rings. The van der Waals surface area contributed by atoms with Crippen molar-refractivity contribution in [1.29, 1.82) is 0 Å². The van der Waals surface area contributed by atoms with Crippen molar-refractivity contribution in [3.05, 3.63) is 83.8 Å². The molecule has 8 heteroatoms. The third-order valence-corrected chi connectivity index (χ3v) is 6.32. The van der Waals surface area contributed by atoms with Crippen LogP contribution < -0.4 is 9.62 Å². The topological polar surface area (TPSA) is 79.4 Å². The first-order valence-corrected chi connectivity index (χ1v) is 10.4. The number of pyridine rings is 1. The molecule has 0 saturated heterocycles. The molecule has 1 N–H and O–H groups in total. The number of aromatic nitrogens is 1. The van der Waals surface area contributed by atoms with Gasteiger partial charge in [0.2, 0.25) is 0 Å². The number of sulfonamides is 1. The van der Waals surface area contributed by atoms with E-state index in [1.807, 2.05) is 12.1 Å². The lowest BCUT2D eigenvalue weighted by molar-refractivity contribution is 0.102. The van der Waals surface area contributed by atoms with Gasteiger partial charge in [0, 0.05) is 6.54 Å². The minimum absolute atomic E-state index is 0.0642. The Balaban J connectivity index is 1.56. The van der Waals surface area contributed by atoms with Crippen LogP contribution in [0.4, 0.5) is 15.9 Å². The summed E-state index contributed by atoms with van der Waals surface area (Å²) in [7, 11) is -3.82. The third kappa shape index (κ3) is 3.77. The number of hydrogen-bond donors (Lipinski definition) is 1. The normalized spacial score (nSPS) is 13.3. The zero-order valence-corrected chi connectivity index (χ0v) is 16.0. The van der Waals surface area contributed by atoms with Crippen molar-refractivity contribution >= 4 is 27.4 Å². The number of nitrogens with one attached hydrogen (secondary N) is 1. The molecule has 4 rings (SSSR count). The first kappa shape index (κ1) is 18.9. The number of fused-ring (bicyclic) bond motifs is 1. The van der Waals surface area contributed by atoms with Gasteiger partial charge < -0.3 is 5.32 Å². The standard InChI is InChI=1S/C21H16FN3O3S/c22-17-9-12-20(23-14-17)24-21(26)16-7-10-18(11-8-16)29(27,28)25-13-3-5-15-4-1-2-6-19(15)25/h1-2,4,6-7,9-10,12,14H,3,5,13H2,(H,23,24,26). The summed E-state index contributed by atoms with van der Waals surface area (Å²) in [6.07, 6.45) is 2.54. The zero-order chi connectivity index (χ0) is 20.4. The Labute approximate surface area is 168 Å². The first-order valence-electron chi connectivity index (χ1n) is 8.93. The van der Waals surface area contributed by atoms with E-state index in [-0.39, 0.29) is 16.3 Å². The van der Waals surface area contributed by atoms with Crippen molar-refractivity contribution in [3.8, 4) is 0 Å². The highest BCUT2D eigenvalue weighted by atomic mass is 32.2. The average molecular weight is 409 g/mol. The molecule has 146 valence electrons. The number of carbonyl (C=O) groups is 1. The highest BCUT2D eigenvalue weighted by Gasteiger charge is 2.29. The SMILES string of the molecule is O=C(Nc1ccc(F)cn1)c1c#cc(S(=O)(=O)N2CCCc3ccccc32)cc1. The largest absolute Gasteiger partial charge is 0.306 e. The van der Waals surface area contributed by atoms with E-state index in [1.165, 1.54) is 28.6 Å². The molecule has 29 heavy (non-hydrogen) atoms. The molecule has 0 aliphatic carbocycles. The molecule has 1 amide bonds. The zero-order valence-electron chi connectivity index (χ0n) is 15.2. The number of amides is 1. The van der Waals surface area contributed by atoms with E-state index < -0.39 is 21.7 Å². The van der Waals surface area contributed by atoms with Crippen LogP contribution in [-0.4, -0.2) is 25.9 Å². The Kier molecular flexibility index (Phi) is 4.91. The van der Waals surface area contributed by atoms with E-state index >= 15 is 0 Å². The van der Waals surface area contributed by atoms with Crippen LogP contribution in [0.1, 0.15) is 22.3 Å². The molecule has 0 spiro atoms. The lowest BCUT2D eigenvalue weighted by Gasteiger charge is -2.29. The third-order valence-electron chi connectivity index (χ3n) is 4.57. The minimum atomic E-state index is -3.82. The van der Waals surface area contributed by atoms with Crippen molar-refractivity contribution in [3.63, 3.8) is 0 Å². The second-order valence-electron chi connectivity index (χ2n) is 6.49. The second-order valence-corrected chi connectivity index (χ2v) is 8.32. The fraction of sp³-hybridized carbons (Fsp3) is 0.143. The van der Waals surface area contributed by atoms with Gasteiger partial charge in [-0.3, -0.25) is 9.10 Å². The van der Waals surface area contributed by atoms with Gasteiger partial charge >= 0.3 is 0 Å². The number of anilines is 2. The highest BCUT2D eigenvalue weighted by molar-refractivity contribution is 7.92. The molecule has 2 aromatic carbocycles. The molecule has 1 aliphatic rings. The molecule has 1 aromatic heterocycles. The van der Waals surface area contributed by atoms with Gasteiger partial charge in [-0.05, 0) is 54.8 Å². The van der Waals surface area contributed by atoms with Crippen LogP contribution in [0.25, 0.3) is 0 Å². The smallest absolute Gasteiger partial charge is 0.272 e. The Morgan fingerprint density at radius 3 is 2.66 bits per heavy atom. The van der Waals surface area contributed by atoms with Gasteiger partial charge in [-0.2, -0.15) is 0 Å². The number of rotatable bonds is 4. The highest BCUT2D eigenvalue weighted by Crippen LogP contribution is 2.31. The maximum absolute atomic E-state index is 13.1. The lowest BCUT2D eigenvalue weighted by atomic mass is 10.0. The van der Waals surface area contributed by atoms with Crippen molar-refractivity contribution in [2.75, 3.05) is 16.2 Å². The van der Waals surface area contributed by atoms with Crippen molar-refractivity contribution in [2.24, 2.45) is 0 Å². The van der Waals surface area contributed by atoms with Gasteiger partial charge in [-0.25, -0.2) is 17.8 Å². The number of para-hydroxylation sites is 1. The Hall–Kier alpha value is -3.44. The Morgan fingerprint density at radius 2 is 1.93 bits per heavy atom. The molecule has 0 saturated carbocycles. The molecule has 0 radical (unpaired) electrons. The summed E-state index contributed by atoms with van der Waals surface area (Å²) in [5.74, 6) is -0.893. The molecule has 0 atom stereocenters. The summed E-state index contributed by atoms with van der Waals surface area (Å²) in [6, 6.07) is 17.8. The number of halogens is 1. The maximum atomic E-state index is 13.1. The minimum Gasteiger partial charge on any atom is -0.306 e. The van der Waals surface area contributed by atoms with E-state index in [0.29, 0.717) is 12.2 Å². The van der Waals surface area contributed by atoms with Gasteiger partial charge in [0.05, 0.1) is 17.4 Å². The fourth-order valence-corrected chi connectivity index (χ4v) is 4.62. The number of benzene rings is 1. The van der Waals surface area contributed by atoms with Gasteiger partial charge in [0.15, 0.2) is 0 Å². The summed E-state index contributed by atoms with van der Waals surface area (Å²) >= 11 is 0. The van der Waals surface area contributed by atoms with Gasteiger partial charge in [-0.1, -0.05) is 24.3 Å². The van der Waals surface area contributed by atoms with E-state index in [2.05, 4.69) is 22.4 Å². The number of hydrogen-bond acceptors (Lipinski definition) is 4. The molecule has 2 heterocycles. The number of nitrogens with zero attached hydrogens (tertiary/aromatic N) is 2. The predicted octanol–water partition coefficient (Wildman–Crippen LogP) is 3.21. The second kappa shape index (κ2) is 7.53. The Morgan fingerprint density at radius 1 is 1.10 bits per heavy atom. The molecule has 6 nitrogen and oxygen atoms in total. The van der Waals surface area contributed by atoms with Crippen LogP contribution in [0.15, 0.2) is 59.6 Å². The van der Waals surface area contributed by atoms with E-state index in [0.717, 1.165) is 24.6 Å². The summed E-state index contributed by atoms with van der Waals surface area (Å²) in [4.78, 5) is 16.0. The number of carbonyl (C=O) groups excluding carboxylic acids is 1. The number of aryl methyl sites for hydroxylation is 1. The summed E-state index contributed by atoms with van der Waals surface area (Å²) in [5, 5.41) is 2.49. The van der Waals surface area contributed by atoms with E-state index in [9.17, 15) is 17.6 Å². The summed E-state index contributed by atoms with van der Waals surface area (Å²) < 4.78 is 40.4. The van der Waals surface area contributed by atoms with Gasteiger partial charge in [-0.15, -0.1) is 0 Å². The predicted molar refractivity (Wildman–Crippen MR) is 106 cm³/mol. The van der Waals surface area contributed by atoms with Crippen molar-refractivity contribution < 1.29 is 17.6 Å². The van der Waals surface area contributed by atoms with E-state index in [1.54, 1.807) is 12.1 Å². The molecule has 0 bridgehead atoms.